The second-order valence-electron chi connectivity index (χ2n) is 4.62. The highest BCUT2D eigenvalue weighted by Crippen LogP contribution is 2.32. The molecular formula is C16H11BrIN3. The molecule has 1 aromatic heterocycles. The first kappa shape index (κ1) is 14.5. The average Bonchev–Trinajstić information content (AvgIpc) is 2.86. The topological polar surface area (TPSA) is 41.6 Å². The van der Waals surface area contributed by atoms with E-state index in [1.54, 1.807) is 0 Å². The Bertz CT molecular complexity index is 877. The molecule has 0 N–H and O–H groups in total. The van der Waals surface area contributed by atoms with Gasteiger partial charge in [-0.25, -0.2) is 4.98 Å². The van der Waals surface area contributed by atoms with Crippen LogP contribution in [0.15, 0.2) is 40.9 Å². The van der Waals surface area contributed by atoms with E-state index in [1.165, 1.54) is 3.57 Å². The van der Waals surface area contributed by atoms with Crippen molar-refractivity contribution in [1.29, 1.82) is 5.26 Å². The number of benzene rings is 2. The van der Waals surface area contributed by atoms with Crippen molar-refractivity contribution in [1.82, 2.24) is 9.55 Å². The van der Waals surface area contributed by atoms with Crippen molar-refractivity contribution in [3.8, 4) is 17.5 Å². The van der Waals surface area contributed by atoms with Crippen molar-refractivity contribution in [2.45, 2.75) is 13.5 Å². The monoisotopic (exact) mass is 451 g/mol. The lowest BCUT2D eigenvalue weighted by Gasteiger charge is -2.08. The van der Waals surface area contributed by atoms with Gasteiger partial charge in [0, 0.05) is 20.2 Å². The van der Waals surface area contributed by atoms with Gasteiger partial charge in [-0.05, 0) is 65.9 Å². The van der Waals surface area contributed by atoms with Crippen molar-refractivity contribution in [3.05, 3.63) is 50.0 Å². The van der Waals surface area contributed by atoms with Crippen LogP contribution >= 0.6 is 38.5 Å². The Labute approximate surface area is 144 Å². The normalized spacial score (nSPS) is 10.8. The number of halogens is 2. The molecule has 2 aromatic carbocycles. The van der Waals surface area contributed by atoms with Gasteiger partial charge in [-0.15, -0.1) is 0 Å². The minimum Gasteiger partial charge on any atom is -0.324 e. The van der Waals surface area contributed by atoms with E-state index in [0.717, 1.165) is 33.4 Å². The van der Waals surface area contributed by atoms with E-state index in [0.29, 0.717) is 5.56 Å². The second kappa shape index (κ2) is 5.78. The first-order valence-corrected chi connectivity index (χ1v) is 8.37. The molecule has 0 spiro atoms. The predicted octanol–water partition coefficient (Wildman–Crippen LogP) is 4.96. The van der Waals surface area contributed by atoms with E-state index >= 15 is 0 Å². The molecule has 5 heteroatoms. The van der Waals surface area contributed by atoms with Gasteiger partial charge in [-0.3, -0.25) is 0 Å². The van der Waals surface area contributed by atoms with Crippen molar-refractivity contribution in [2.24, 2.45) is 0 Å². The molecule has 0 fully saturated rings. The van der Waals surface area contributed by atoms with Crippen molar-refractivity contribution < 1.29 is 0 Å². The number of aryl methyl sites for hydroxylation is 1. The van der Waals surface area contributed by atoms with Crippen LogP contribution in [0.1, 0.15) is 12.5 Å². The fourth-order valence-corrected chi connectivity index (χ4v) is 3.31. The molecule has 0 saturated carbocycles. The van der Waals surface area contributed by atoms with Gasteiger partial charge >= 0.3 is 0 Å². The molecule has 21 heavy (non-hydrogen) atoms. The highest BCUT2D eigenvalue weighted by Gasteiger charge is 2.14. The summed E-state index contributed by atoms with van der Waals surface area (Å²) in [5, 5.41) is 9.03. The maximum Gasteiger partial charge on any atom is 0.142 e. The van der Waals surface area contributed by atoms with Crippen LogP contribution in [-0.4, -0.2) is 9.55 Å². The minimum absolute atomic E-state index is 0.636. The van der Waals surface area contributed by atoms with Crippen molar-refractivity contribution in [3.63, 3.8) is 0 Å². The number of hydrogen-bond acceptors (Lipinski definition) is 2. The fraction of sp³-hybridized carbons (Fsp3) is 0.125. The summed E-state index contributed by atoms with van der Waals surface area (Å²) in [6, 6.07) is 14.0. The Balaban J connectivity index is 2.32. The number of imidazole rings is 1. The summed E-state index contributed by atoms with van der Waals surface area (Å²) < 4.78 is 4.36. The van der Waals surface area contributed by atoms with E-state index in [2.05, 4.69) is 68.2 Å². The van der Waals surface area contributed by atoms with Crippen LogP contribution in [0.25, 0.3) is 22.4 Å². The maximum absolute atomic E-state index is 9.03. The minimum atomic E-state index is 0.636. The zero-order valence-electron chi connectivity index (χ0n) is 11.3. The average molecular weight is 452 g/mol. The van der Waals surface area contributed by atoms with Gasteiger partial charge in [0.05, 0.1) is 22.7 Å². The third-order valence-electron chi connectivity index (χ3n) is 3.36. The molecule has 3 aromatic rings. The molecule has 0 bridgehead atoms. The quantitative estimate of drug-likeness (QED) is 0.516. The molecule has 104 valence electrons. The molecule has 0 amide bonds. The Morgan fingerprint density at radius 3 is 2.81 bits per heavy atom. The molecule has 0 saturated heterocycles. The number of aromatic nitrogens is 2. The number of rotatable bonds is 2. The van der Waals surface area contributed by atoms with Crippen LogP contribution in [-0.2, 0) is 6.54 Å². The molecule has 0 atom stereocenters. The molecule has 0 aliphatic carbocycles. The summed E-state index contributed by atoms with van der Waals surface area (Å²) in [6.45, 7) is 2.93. The van der Waals surface area contributed by atoms with Crippen LogP contribution in [0.3, 0.4) is 0 Å². The summed E-state index contributed by atoms with van der Waals surface area (Å²) >= 11 is 5.91. The summed E-state index contributed by atoms with van der Waals surface area (Å²) in [4.78, 5) is 4.74. The zero-order chi connectivity index (χ0) is 15.0. The van der Waals surface area contributed by atoms with E-state index in [1.807, 2.05) is 24.3 Å². The molecule has 0 unspecified atom stereocenters. The van der Waals surface area contributed by atoms with Gasteiger partial charge in [0.2, 0.25) is 0 Å². The Morgan fingerprint density at radius 1 is 1.29 bits per heavy atom. The number of fused-ring (bicyclic) bond motifs is 1. The summed E-state index contributed by atoms with van der Waals surface area (Å²) in [7, 11) is 0. The highest BCUT2D eigenvalue weighted by atomic mass is 127. The van der Waals surface area contributed by atoms with Crippen LogP contribution in [0, 0.1) is 14.9 Å². The predicted molar refractivity (Wildman–Crippen MR) is 96.0 cm³/mol. The molecule has 3 nitrogen and oxygen atoms in total. The maximum atomic E-state index is 9.03. The summed E-state index contributed by atoms with van der Waals surface area (Å²) in [5.74, 6) is 0.924. The van der Waals surface area contributed by atoms with Gasteiger partial charge in [-0.2, -0.15) is 5.26 Å². The van der Waals surface area contributed by atoms with Gasteiger partial charge in [0.25, 0.3) is 0 Å². The van der Waals surface area contributed by atoms with Gasteiger partial charge < -0.3 is 4.57 Å². The molecule has 0 aliphatic heterocycles. The van der Waals surface area contributed by atoms with Gasteiger partial charge in [-0.1, -0.05) is 15.9 Å². The number of nitriles is 1. The zero-order valence-corrected chi connectivity index (χ0v) is 15.0. The van der Waals surface area contributed by atoms with Crippen LogP contribution < -0.4 is 0 Å². The van der Waals surface area contributed by atoms with E-state index in [-0.39, 0.29) is 0 Å². The third-order valence-corrected chi connectivity index (χ3v) is 4.73. The van der Waals surface area contributed by atoms with Crippen LogP contribution in [0.5, 0.6) is 0 Å². The smallest absolute Gasteiger partial charge is 0.142 e. The Morgan fingerprint density at radius 2 is 2.10 bits per heavy atom. The summed E-state index contributed by atoms with van der Waals surface area (Å²) in [6.07, 6.45) is 0. The number of nitrogens with zero attached hydrogens (tertiary/aromatic N) is 3. The standard InChI is InChI=1S/C16H11BrIN3/c1-2-21-15-6-3-10(9-19)7-14(15)20-16(21)12-8-11(18)4-5-13(12)17/h3-8H,2H2,1H3. The van der Waals surface area contributed by atoms with E-state index in [4.69, 9.17) is 10.2 Å². The third kappa shape index (κ3) is 2.58. The Kier molecular flexibility index (Phi) is 4.00. The Hall–Kier alpha value is -1.39. The van der Waals surface area contributed by atoms with Gasteiger partial charge in [0.1, 0.15) is 5.82 Å². The molecular weight excluding hydrogens is 441 g/mol. The highest BCUT2D eigenvalue weighted by molar-refractivity contribution is 14.1. The molecule has 0 radical (unpaired) electrons. The van der Waals surface area contributed by atoms with Crippen LogP contribution in [0.2, 0.25) is 0 Å². The second-order valence-corrected chi connectivity index (χ2v) is 6.72. The van der Waals surface area contributed by atoms with Gasteiger partial charge in [0.15, 0.2) is 0 Å². The molecule has 0 aliphatic rings. The van der Waals surface area contributed by atoms with Crippen molar-refractivity contribution >= 4 is 49.6 Å². The van der Waals surface area contributed by atoms with Crippen LogP contribution in [0.4, 0.5) is 0 Å². The lowest BCUT2D eigenvalue weighted by Crippen LogP contribution is -1.98. The first-order chi connectivity index (χ1) is 10.1. The van der Waals surface area contributed by atoms with E-state index in [9.17, 15) is 0 Å². The lowest BCUT2D eigenvalue weighted by molar-refractivity contribution is 0.796. The van der Waals surface area contributed by atoms with E-state index < -0.39 is 0 Å². The molecule has 1 heterocycles. The largest absolute Gasteiger partial charge is 0.324 e. The number of hydrogen-bond donors (Lipinski definition) is 0. The fourth-order valence-electron chi connectivity index (χ4n) is 2.39. The lowest BCUT2D eigenvalue weighted by atomic mass is 10.2. The SMILES string of the molecule is CCn1c(-c2cc(I)ccc2Br)nc2cc(C#N)ccc21. The molecule has 3 rings (SSSR count). The summed E-state index contributed by atoms with van der Waals surface area (Å²) in [5.41, 5.74) is 3.61. The van der Waals surface area contributed by atoms with Crippen molar-refractivity contribution in [2.75, 3.05) is 0 Å². The first-order valence-electron chi connectivity index (χ1n) is 6.50.